The Bertz CT molecular complexity index is 457. The minimum absolute atomic E-state index is 0.561. The number of nitrogens with zero attached hydrogens (tertiary/aromatic N) is 2. The van der Waals surface area contributed by atoms with Crippen molar-refractivity contribution < 1.29 is 0 Å². The molecule has 1 saturated heterocycles. The minimum atomic E-state index is 0.561. The summed E-state index contributed by atoms with van der Waals surface area (Å²) >= 11 is 1.96. The molecule has 0 amide bonds. The highest BCUT2D eigenvalue weighted by Gasteiger charge is 2.31. The van der Waals surface area contributed by atoms with Crippen molar-refractivity contribution in [3.8, 4) is 0 Å². The fourth-order valence-electron chi connectivity index (χ4n) is 3.10. The Morgan fingerprint density at radius 1 is 1.24 bits per heavy atom. The lowest BCUT2D eigenvalue weighted by atomic mass is 10.2. The number of thiophene rings is 1. The molecule has 21 heavy (non-hydrogen) atoms. The van der Waals surface area contributed by atoms with Crippen LogP contribution in [0.3, 0.4) is 0 Å². The standard InChI is InChI=1S/C17H29N3S/c1-13(2)18-11-17-10-15(14(3)21-17)12-19-6-8-20(9-7-19)16-4-5-16/h10,13,16,18H,4-9,11-12H2,1-3H3. The Balaban J connectivity index is 1.50. The van der Waals surface area contributed by atoms with Gasteiger partial charge in [0.25, 0.3) is 0 Å². The number of aryl methyl sites for hydroxylation is 1. The number of hydrogen-bond donors (Lipinski definition) is 1. The SMILES string of the molecule is Cc1sc(CNC(C)C)cc1CN1CCN(C2CC2)CC1. The Morgan fingerprint density at radius 3 is 2.57 bits per heavy atom. The minimum Gasteiger partial charge on any atom is -0.310 e. The number of rotatable bonds is 6. The molecule has 1 aromatic heterocycles. The normalized spacial score (nSPS) is 21.3. The van der Waals surface area contributed by atoms with E-state index in [1.807, 2.05) is 11.3 Å². The van der Waals surface area contributed by atoms with E-state index in [1.54, 1.807) is 5.56 Å². The van der Waals surface area contributed by atoms with E-state index in [2.05, 4.69) is 42.0 Å². The molecule has 0 radical (unpaired) electrons. The number of nitrogens with one attached hydrogen (secondary N) is 1. The van der Waals surface area contributed by atoms with E-state index in [0.29, 0.717) is 6.04 Å². The van der Waals surface area contributed by atoms with Crippen molar-refractivity contribution in [2.75, 3.05) is 26.2 Å². The molecule has 1 N–H and O–H groups in total. The third-order valence-corrected chi connectivity index (χ3v) is 5.71. The second-order valence-corrected chi connectivity index (χ2v) is 8.21. The molecule has 1 saturated carbocycles. The summed E-state index contributed by atoms with van der Waals surface area (Å²) in [6.07, 6.45) is 2.88. The molecule has 2 fully saturated rings. The van der Waals surface area contributed by atoms with E-state index in [-0.39, 0.29) is 0 Å². The largest absolute Gasteiger partial charge is 0.310 e. The van der Waals surface area contributed by atoms with Crippen LogP contribution in [0.15, 0.2) is 6.07 Å². The lowest BCUT2D eigenvalue weighted by molar-refractivity contribution is 0.121. The number of hydrogen-bond acceptors (Lipinski definition) is 4. The first-order chi connectivity index (χ1) is 10.1. The molecule has 1 aliphatic carbocycles. The molecule has 0 bridgehead atoms. The van der Waals surface area contributed by atoms with Gasteiger partial charge in [0.05, 0.1) is 0 Å². The lowest BCUT2D eigenvalue weighted by Crippen LogP contribution is -2.46. The number of piperazine rings is 1. The van der Waals surface area contributed by atoms with Crippen molar-refractivity contribution in [1.82, 2.24) is 15.1 Å². The van der Waals surface area contributed by atoms with E-state index in [9.17, 15) is 0 Å². The molecule has 0 unspecified atom stereocenters. The summed E-state index contributed by atoms with van der Waals surface area (Å²) in [5.41, 5.74) is 1.54. The van der Waals surface area contributed by atoms with Crippen LogP contribution in [0, 0.1) is 6.92 Å². The van der Waals surface area contributed by atoms with Gasteiger partial charge in [0, 0.05) is 61.1 Å². The van der Waals surface area contributed by atoms with E-state index < -0.39 is 0 Å². The molecular weight excluding hydrogens is 278 g/mol. The third-order valence-electron chi connectivity index (χ3n) is 4.62. The highest BCUT2D eigenvalue weighted by atomic mass is 32.1. The highest BCUT2D eigenvalue weighted by Crippen LogP contribution is 2.28. The van der Waals surface area contributed by atoms with Crippen LogP contribution >= 0.6 is 11.3 Å². The zero-order chi connectivity index (χ0) is 14.8. The van der Waals surface area contributed by atoms with Gasteiger partial charge in [-0.05, 0) is 31.4 Å². The van der Waals surface area contributed by atoms with Crippen molar-refractivity contribution >= 4 is 11.3 Å². The Hall–Kier alpha value is -0.420. The zero-order valence-electron chi connectivity index (χ0n) is 13.7. The highest BCUT2D eigenvalue weighted by molar-refractivity contribution is 7.12. The van der Waals surface area contributed by atoms with Gasteiger partial charge in [-0.1, -0.05) is 13.8 Å². The van der Waals surface area contributed by atoms with Crippen LogP contribution in [0.25, 0.3) is 0 Å². The van der Waals surface area contributed by atoms with E-state index in [4.69, 9.17) is 0 Å². The molecule has 2 aliphatic rings. The van der Waals surface area contributed by atoms with Crippen LogP contribution in [0.4, 0.5) is 0 Å². The Kier molecular flexibility index (Phi) is 4.99. The molecule has 4 heteroatoms. The maximum Gasteiger partial charge on any atom is 0.0302 e. The van der Waals surface area contributed by atoms with Crippen LogP contribution in [0.5, 0.6) is 0 Å². The predicted molar refractivity (Wildman–Crippen MR) is 90.9 cm³/mol. The smallest absolute Gasteiger partial charge is 0.0302 e. The van der Waals surface area contributed by atoms with Crippen LogP contribution in [0.1, 0.15) is 42.0 Å². The topological polar surface area (TPSA) is 18.5 Å². The average Bonchev–Trinajstić information content (AvgIpc) is 3.24. The maximum atomic E-state index is 3.52. The average molecular weight is 308 g/mol. The fourth-order valence-corrected chi connectivity index (χ4v) is 4.11. The Labute approximate surface area is 133 Å². The van der Waals surface area contributed by atoms with Crippen molar-refractivity contribution in [3.63, 3.8) is 0 Å². The lowest BCUT2D eigenvalue weighted by Gasteiger charge is -2.34. The van der Waals surface area contributed by atoms with Crippen molar-refractivity contribution in [2.24, 2.45) is 0 Å². The first kappa shape index (κ1) is 15.5. The van der Waals surface area contributed by atoms with Gasteiger partial charge in [-0.15, -0.1) is 11.3 Å². The van der Waals surface area contributed by atoms with E-state index >= 15 is 0 Å². The van der Waals surface area contributed by atoms with Crippen molar-refractivity contribution in [1.29, 1.82) is 0 Å². The summed E-state index contributed by atoms with van der Waals surface area (Å²) in [5.74, 6) is 0. The van der Waals surface area contributed by atoms with Crippen molar-refractivity contribution in [2.45, 2.75) is 58.8 Å². The Morgan fingerprint density at radius 2 is 1.95 bits per heavy atom. The van der Waals surface area contributed by atoms with Crippen LogP contribution in [-0.4, -0.2) is 48.1 Å². The molecule has 118 valence electrons. The second kappa shape index (κ2) is 6.78. The molecule has 0 aromatic carbocycles. The van der Waals surface area contributed by atoms with Gasteiger partial charge in [-0.25, -0.2) is 0 Å². The molecule has 0 atom stereocenters. The summed E-state index contributed by atoms with van der Waals surface area (Å²) in [7, 11) is 0. The van der Waals surface area contributed by atoms with Gasteiger partial charge >= 0.3 is 0 Å². The van der Waals surface area contributed by atoms with E-state index in [0.717, 1.165) is 19.1 Å². The fraction of sp³-hybridized carbons (Fsp3) is 0.765. The predicted octanol–water partition coefficient (Wildman–Crippen LogP) is 2.83. The van der Waals surface area contributed by atoms with Gasteiger partial charge in [-0.3, -0.25) is 9.80 Å². The molecule has 2 heterocycles. The van der Waals surface area contributed by atoms with Gasteiger partial charge in [0.2, 0.25) is 0 Å². The molecule has 3 rings (SSSR count). The maximum absolute atomic E-state index is 3.52. The third kappa shape index (κ3) is 4.28. The summed E-state index contributed by atoms with van der Waals surface area (Å²) < 4.78 is 0. The first-order valence-electron chi connectivity index (χ1n) is 8.40. The van der Waals surface area contributed by atoms with Crippen LogP contribution in [-0.2, 0) is 13.1 Å². The summed E-state index contributed by atoms with van der Waals surface area (Å²) in [5, 5.41) is 3.52. The molecule has 1 aromatic rings. The molecule has 0 spiro atoms. The van der Waals surface area contributed by atoms with Gasteiger partial charge in [-0.2, -0.15) is 0 Å². The van der Waals surface area contributed by atoms with Gasteiger partial charge < -0.3 is 5.32 Å². The monoisotopic (exact) mass is 307 g/mol. The van der Waals surface area contributed by atoms with Gasteiger partial charge in [0.1, 0.15) is 0 Å². The van der Waals surface area contributed by atoms with Crippen LogP contribution < -0.4 is 5.32 Å². The quantitative estimate of drug-likeness (QED) is 0.872. The van der Waals surface area contributed by atoms with Gasteiger partial charge in [0.15, 0.2) is 0 Å². The molecule has 1 aliphatic heterocycles. The van der Waals surface area contributed by atoms with Crippen molar-refractivity contribution in [3.05, 3.63) is 21.4 Å². The molecule has 3 nitrogen and oxygen atoms in total. The summed E-state index contributed by atoms with van der Waals surface area (Å²) in [6.45, 7) is 13.9. The molecular formula is C17H29N3S. The summed E-state index contributed by atoms with van der Waals surface area (Å²) in [4.78, 5) is 8.30. The van der Waals surface area contributed by atoms with E-state index in [1.165, 1.54) is 48.8 Å². The first-order valence-corrected chi connectivity index (χ1v) is 9.21. The zero-order valence-corrected chi connectivity index (χ0v) is 14.5. The van der Waals surface area contributed by atoms with Crippen LogP contribution in [0.2, 0.25) is 0 Å². The second-order valence-electron chi connectivity index (χ2n) is 6.87. The summed E-state index contributed by atoms with van der Waals surface area (Å²) in [6, 6.07) is 3.91.